The van der Waals surface area contributed by atoms with E-state index in [9.17, 15) is 0 Å². The minimum atomic E-state index is 0.449. The lowest BCUT2D eigenvalue weighted by Crippen LogP contribution is -2.38. The maximum Gasteiger partial charge on any atom is 0.0210 e. The number of likely N-dealkylation sites (N-methyl/N-ethyl adjacent to an activating group) is 1. The molecule has 0 aromatic heterocycles. The summed E-state index contributed by atoms with van der Waals surface area (Å²) >= 11 is 0. The molecule has 0 aromatic rings. The standard InChI is InChI=1S/C12H26N2/c1-6-12(3,4)9-13-11-7-10(2)14(5)8-11/h10-11,13H,6-9H2,1-5H3. The molecule has 1 saturated heterocycles. The van der Waals surface area contributed by atoms with Gasteiger partial charge in [-0.2, -0.15) is 0 Å². The molecule has 2 heteroatoms. The molecule has 1 aliphatic rings. The van der Waals surface area contributed by atoms with Crippen molar-refractivity contribution < 1.29 is 0 Å². The number of nitrogens with one attached hydrogen (secondary N) is 1. The van der Waals surface area contributed by atoms with E-state index in [-0.39, 0.29) is 0 Å². The molecule has 2 atom stereocenters. The van der Waals surface area contributed by atoms with Crippen LogP contribution in [0, 0.1) is 5.41 Å². The highest BCUT2D eigenvalue weighted by atomic mass is 15.2. The first-order valence-corrected chi connectivity index (χ1v) is 5.88. The molecule has 1 fully saturated rings. The Morgan fingerprint density at radius 1 is 1.43 bits per heavy atom. The lowest BCUT2D eigenvalue weighted by Gasteiger charge is -2.25. The maximum atomic E-state index is 3.69. The van der Waals surface area contributed by atoms with E-state index < -0.39 is 0 Å². The van der Waals surface area contributed by atoms with Crippen LogP contribution in [-0.2, 0) is 0 Å². The van der Waals surface area contributed by atoms with Gasteiger partial charge >= 0.3 is 0 Å². The molecule has 0 amide bonds. The average Bonchev–Trinajstić information content (AvgIpc) is 2.44. The Bertz CT molecular complexity index is 167. The van der Waals surface area contributed by atoms with E-state index in [0.29, 0.717) is 11.5 Å². The van der Waals surface area contributed by atoms with Gasteiger partial charge in [0, 0.05) is 25.2 Å². The van der Waals surface area contributed by atoms with Crippen molar-refractivity contribution in [3.63, 3.8) is 0 Å². The van der Waals surface area contributed by atoms with Crippen molar-refractivity contribution in [2.75, 3.05) is 20.1 Å². The zero-order valence-corrected chi connectivity index (χ0v) is 10.4. The van der Waals surface area contributed by atoms with Gasteiger partial charge in [0.25, 0.3) is 0 Å². The minimum Gasteiger partial charge on any atom is -0.312 e. The Kier molecular flexibility index (Phi) is 3.96. The first kappa shape index (κ1) is 12.0. The van der Waals surface area contributed by atoms with Crippen LogP contribution in [0.5, 0.6) is 0 Å². The molecular formula is C12H26N2. The highest BCUT2D eigenvalue weighted by molar-refractivity contribution is 4.86. The van der Waals surface area contributed by atoms with E-state index in [1.807, 2.05) is 0 Å². The summed E-state index contributed by atoms with van der Waals surface area (Å²) in [5, 5.41) is 3.69. The molecule has 0 spiro atoms. The summed E-state index contributed by atoms with van der Waals surface area (Å²) in [6.07, 6.45) is 2.55. The summed E-state index contributed by atoms with van der Waals surface area (Å²) in [6, 6.07) is 1.46. The third-order valence-electron chi connectivity index (χ3n) is 3.71. The molecular weight excluding hydrogens is 172 g/mol. The third-order valence-corrected chi connectivity index (χ3v) is 3.71. The van der Waals surface area contributed by atoms with Crippen molar-refractivity contribution in [1.29, 1.82) is 0 Å². The normalized spacial score (nSPS) is 29.8. The Labute approximate surface area is 89.1 Å². The van der Waals surface area contributed by atoms with Crippen LogP contribution in [0.4, 0.5) is 0 Å². The van der Waals surface area contributed by atoms with Crippen molar-refractivity contribution >= 4 is 0 Å². The fourth-order valence-corrected chi connectivity index (χ4v) is 1.89. The first-order valence-electron chi connectivity index (χ1n) is 5.88. The largest absolute Gasteiger partial charge is 0.312 e. The van der Waals surface area contributed by atoms with E-state index in [0.717, 1.165) is 12.6 Å². The highest BCUT2D eigenvalue weighted by Crippen LogP contribution is 2.20. The molecule has 0 aliphatic carbocycles. The van der Waals surface area contributed by atoms with E-state index in [1.165, 1.54) is 19.4 Å². The molecule has 1 N–H and O–H groups in total. The molecule has 1 rings (SSSR count). The quantitative estimate of drug-likeness (QED) is 0.744. The topological polar surface area (TPSA) is 15.3 Å². The summed E-state index contributed by atoms with van der Waals surface area (Å²) in [6.45, 7) is 11.6. The predicted molar refractivity (Wildman–Crippen MR) is 62.6 cm³/mol. The van der Waals surface area contributed by atoms with Crippen LogP contribution in [0.25, 0.3) is 0 Å². The Morgan fingerprint density at radius 2 is 2.07 bits per heavy atom. The summed E-state index contributed by atoms with van der Waals surface area (Å²) in [7, 11) is 2.22. The van der Waals surface area contributed by atoms with Crippen molar-refractivity contribution in [2.24, 2.45) is 5.41 Å². The number of hydrogen-bond acceptors (Lipinski definition) is 2. The van der Waals surface area contributed by atoms with Gasteiger partial charge in [-0.1, -0.05) is 20.8 Å². The molecule has 2 unspecified atom stereocenters. The van der Waals surface area contributed by atoms with E-state index in [2.05, 4.69) is 45.0 Å². The number of rotatable bonds is 4. The molecule has 0 radical (unpaired) electrons. The summed E-state index contributed by atoms with van der Waals surface area (Å²) in [4.78, 5) is 2.44. The molecule has 2 nitrogen and oxygen atoms in total. The summed E-state index contributed by atoms with van der Waals surface area (Å²) in [5.41, 5.74) is 0.449. The fourth-order valence-electron chi connectivity index (χ4n) is 1.89. The minimum absolute atomic E-state index is 0.449. The lowest BCUT2D eigenvalue weighted by atomic mass is 9.90. The van der Waals surface area contributed by atoms with Gasteiger partial charge in [-0.3, -0.25) is 0 Å². The molecule has 84 valence electrons. The molecule has 0 saturated carbocycles. The van der Waals surface area contributed by atoms with Gasteiger partial charge in [0.2, 0.25) is 0 Å². The van der Waals surface area contributed by atoms with E-state index in [1.54, 1.807) is 0 Å². The number of nitrogens with zero attached hydrogens (tertiary/aromatic N) is 1. The second kappa shape index (κ2) is 4.63. The summed E-state index contributed by atoms with van der Waals surface area (Å²) < 4.78 is 0. The van der Waals surface area contributed by atoms with Crippen LogP contribution in [0.2, 0.25) is 0 Å². The van der Waals surface area contributed by atoms with Gasteiger partial charge in [0.05, 0.1) is 0 Å². The molecule has 14 heavy (non-hydrogen) atoms. The van der Waals surface area contributed by atoms with Crippen LogP contribution in [0.1, 0.15) is 40.5 Å². The zero-order chi connectivity index (χ0) is 10.8. The summed E-state index contributed by atoms with van der Waals surface area (Å²) in [5.74, 6) is 0. The SMILES string of the molecule is CCC(C)(C)CNC1CC(C)N(C)C1. The molecule has 0 aromatic carbocycles. The van der Waals surface area contributed by atoms with Crippen LogP contribution < -0.4 is 5.32 Å². The van der Waals surface area contributed by atoms with E-state index in [4.69, 9.17) is 0 Å². The molecule has 0 bridgehead atoms. The molecule has 1 heterocycles. The predicted octanol–water partition coefficient (Wildman–Crippen LogP) is 2.10. The third kappa shape index (κ3) is 3.25. The Morgan fingerprint density at radius 3 is 2.50 bits per heavy atom. The maximum absolute atomic E-state index is 3.69. The number of likely N-dealkylation sites (tertiary alicyclic amines) is 1. The highest BCUT2D eigenvalue weighted by Gasteiger charge is 2.27. The average molecular weight is 198 g/mol. The van der Waals surface area contributed by atoms with Gasteiger partial charge in [0.1, 0.15) is 0 Å². The Hall–Kier alpha value is -0.0800. The Balaban J connectivity index is 2.27. The van der Waals surface area contributed by atoms with Crippen LogP contribution in [-0.4, -0.2) is 37.1 Å². The van der Waals surface area contributed by atoms with Crippen LogP contribution in [0.3, 0.4) is 0 Å². The first-order chi connectivity index (χ1) is 6.44. The smallest absolute Gasteiger partial charge is 0.0210 e. The fraction of sp³-hybridized carbons (Fsp3) is 1.00. The zero-order valence-electron chi connectivity index (χ0n) is 10.4. The van der Waals surface area contributed by atoms with Gasteiger partial charge in [-0.25, -0.2) is 0 Å². The molecule has 1 aliphatic heterocycles. The van der Waals surface area contributed by atoms with Crippen molar-refractivity contribution in [1.82, 2.24) is 10.2 Å². The van der Waals surface area contributed by atoms with Gasteiger partial charge < -0.3 is 10.2 Å². The van der Waals surface area contributed by atoms with Crippen LogP contribution in [0.15, 0.2) is 0 Å². The monoisotopic (exact) mass is 198 g/mol. The second-order valence-corrected chi connectivity index (χ2v) is 5.62. The van der Waals surface area contributed by atoms with Crippen molar-refractivity contribution in [3.05, 3.63) is 0 Å². The van der Waals surface area contributed by atoms with Gasteiger partial charge in [-0.15, -0.1) is 0 Å². The van der Waals surface area contributed by atoms with E-state index >= 15 is 0 Å². The van der Waals surface area contributed by atoms with Gasteiger partial charge in [0.15, 0.2) is 0 Å². The van der Waals surface area contributed by atoms with Crippen LogP contribution >= 0.6 is 0 Å². The van der Waals surface area contributed by atoms with Crippen molar-refractivity contribution in [3.8, 4) is 0 Å². The lowest BCUT2D eigenvalue weighted by molar-refractivity contribution is 0.300. The van der Waals surface area contributed by atoms with Gasteiger partial charge in [-0.05, 0) is 32.2 Å². The van der Waals surface area contributed by atoms with Crippen molar-refractivity contribution in [2.45, 2.75) is 52.6 Å². The number of hydrogen-bond donors (Lipinski definition) is 1. The second-order valence-electron chi connectivity index (χ2n) is 5.62.